The summed E-state index contributed by atoms with van der Waals surface area (Å²) in [5.41, 5.74) is 1.32. The van der Waals surface area contributed by atoms with E-state index in [0.29, 0.717) is 40.3 Å². The van der Waals surface area contributed by atoms with E-state index in [1.54, 1.807) is 43.3 Å². The number of anilines is 1. The summed E-state index contributed by atoms with van der Waals surface area (Å²) in [5.74, 6) is 0.776. The van der Waals surface area contributed by atoms with Gasteiger partial charge in [-0.25, -0.2) is 4.98 Å². The molecule has 6 heteroatoms. The summed E-state index contributed by atoms with van der Waals surface area (Å²) in [6.45, 7) is 4.06. The molecular weight excluding hydrogens is 306 g/mol. The Balaban J connectivity index is 1.93. The van der Waals surface area contributed by atoms with Gasteiger partial charge >= 0.3 is 0 Å². The first-order valence-corrected chi connectivity index (χ1v) is 7.62. The third-order valence-corrected chi connectivity index (χ3v) is 3.51. The lowest BCUT2D eigenvalue weighted by Crippen LogP contribution is -2.15. The minimum absolute atomic E-state index is 0.233. The van der Waals surface area contributed by atoms with E-state index in [4.69, 9.17) is 4.74 Å². The summed E-state index contributed by atoms with van der Waals surface area (Å²) < 4.78 is 5.47. The molecule has 0 unspecified atom stereocenters. The molecule has 0 radical (unpaired) electrons. The number of hydrogen-bond acceptors (Lipinski definition) is 4. The summed E-state index contributed by atoms with van der Waals surface area (Å²) in [4.78, 5) is 31.4. The first kappa shape index (κ1) is 15.7. The molecule has 1 heterocycles. The van der Waals surface area contributed by atoms with Crippen molar-refractivity contribution >= 4 is 22.5 Å². The lowest BCUT2D eigenvalue weighted by molar-refractivity contribution is 0.102. The van der Waals surface area contributed by atoms with Gasteiger partial charge in [-0.2, -0.15) is 0 Å². The van der Waals surface area contributed by atoms with Crippen LogP contribution in [0.4, 0.5) is 5.69 Å². The number of benzene rings is 2. The number of amides is 1. The van der Waals surface area contributed by atoms with E-state index in [9.17, 15) is 9.59 Å². The number of nitrogens with zero attached hydrogens (tertiary/aromatic N) is 1. The number of carbonyl (C=O) groups excluding carboxylic acids is 1. The maximum Gasteiger partial charge on any atom is 0.259 e. The summed E-state index contributed by atoms with van der Waals surface area (Å²) >= 11 is 0. The van der Waals surface area contributed by atoms with Crippen LogP contribution in [-0.4, -0.2) is 22.5 Å². The molecule has 122 valence electrons. The van der Waals surface area contributed by atoms with Crippen LogP contribution < -0.4 is 15.6 Å². The molecule has 1 aromatic heterocycles. The van der Waals surface area contributed by atoms with Crippen molar-refractivity contribution in [1.29, 1.82) is 0 Å². The zero-order chi connectivity index (χ0) is 17.1. The molecule has 0 atom stereocenters. The molecule has 3 aromatic rings. The quantitative estimate of drug-likeness (QED) is 0.773. The van der Waals surface area contributed by atoms with E-state index in [1.807, 2.05) is 13.0 Å². The summed E-state index contributed by atoms with van der Waals surface area (Å²) in [6, 6.07) is 12.1. The van der Waals surface area contributed by atoms with Crippen molar-refractivity contribution in [3.8, 4) is 5.75 Å². The summed E-state index contributed by atoms with van der Waals surface area (Å²) in [5, 5.41) is 3.22. The Morgan fingerprint density at radius 3 is 2.83 bits per heavy atom. The second-order valence-electron chi connectivity index (χ2n) is 5.27. The van der Waals surface area contributed by atoms with Crippen molar-refractivity contribution in [1.82, 2.24) is 9.97 Å². The Bertz CT molecular complexity index is 963. The maximum absolute atomic E-state index is 12.5. The van der Waals surface area contributed by atoms with E-state index in [0.717, 1.165) is 0 Å². The zero-order valence-electron chi connectivity index (χ0n) is 13.4. The van der Waals surface area contributed by atoms with Gasteiger partial charge in [0.15, 0.2) is 0 Å². The van der Waals surface area contributed by atoms with Gasteiger partial charge in [-0.15, -0.1) is 0 Å². The zero-order valence-corrected chi connectivity index (χ0v) is 13.4. The predicted octanol–water partition coefficient (Wildman–Crippen LogP) is 2.88. The molecule has 0 aliphatic heterocycles. The van der Waals surface area contributed by atoms with Crippen molar-refractivity contribution in [2.24, 2.45) is 0 Å². The van der Waals surface area contributed by atoms with Gasteiger partial charge in [0.2, 0.25) is 0 Å². The average Bonchev–Trinajstić information content (AvgIpc) is 2.56. The van der Waals surface area contributed by atoms with Gasteiger partial charge in [0.1, 0.15) is 11.6 Å². The molecule has 0 saturated carbocycles. The molecule has 0 spiro atoms. The first-order chi connectivity index (χ1) is 11.6. The van der Waals surface area contributed by atoms with Gasteiger partial charge in [0.25, 0.3) is 11.5 Å². The van der Waals surface area contributed by atoms with E-state index in [2.05, 4.69) is 15.3 Å². The topological polar surface area (TPSA) is 84.1 Å². The number of aryl methyl sites for hydroxylation is 1. The molecule has 24 heavy (non-hydrogen) atoms. The van der Waals surface area contributed by atoms with Gasteiger partial charge in [-0.3, -0.25) is 9.59 Å². The predicted molar refractivity (Wildman–Crippen MR) is 92.7 cm³/mol. The Labute approximate surface area is 138 Å². The molecule has 0 aliphatic rings. The highest BCUT2D eigenvalue weighted by atomic mass is 16.5. The van der Waals surface area contributed by atoms with Crippen LogP contribution in [0.25, 0.3) is 10.9 Å². The smallest absolute Gasteiger partial charge is 0.259 e. The third-order valence-electron chi connectivity index (χ3n) is 3.51. The minimum atomic E-state index is -0.296. The van der Waals surface area contributed by atoms with Gasteiger partial charge in [0.05, 0.1) is 23.1 Å². The van der Waals surface area contributed by atoms with Crippen LogP contribution in [0.1, 0.15) is 23.1 Å². The summed E-state index contributed by atoms with van der Waals surface area (Å²) in [7, 11) is 0. The van der Waals surface area contributed by atoms with Crippen LogP contribution in [0, 0.1) is 6.92 Å². The van der Waals surface area contributed by atoms with Crippen molar-refractivity contribution in [2.75, 3.05) is 11.9 Å². The largest absolute Gasteiger partial charge is 0.493 e. The molecular formula is C18H17N3O3. The number of fused-ring (bicyclic) bond motifs is 1. The number of carbonyl (C=O) groups is 1. The lowest BCUT2D eigenvalue weighted by atomic mass is 10.1. The van der Waals surface area contributed by atoms with Crippen LogP contribution >= 0.6 is 0 Å². The lowest BCUT2D eigenvalue weighted by Gasteiger charge is -2.10. The van der Waals surface area contributed by atoms with E-state index < -0.39 is 0 Å². The number of aromatic nitrogens is 2. The highest BCUT2D eigenvalue weighted by Crippen LogP contribution is 2.21. The Morgan fingerprint density at radius 2 is 2.04 bits per heavy atom. The molecule has 0 bridgehead atoms. The van der Waals surface area contributed by atoms with Gasteiger partial charge in [0, 0.05) is 5.69 Å². The van der Waals surface area contributed by atoms with Crippen LogP contribution in [0.5, 0.6) is 5.75 Å². The normalized spacial score (nSPS) is 10.6. The monoisotopic (exact) mass is 323 g/mol. The molecule has 2 N–H and O–H groups in total. The standard InChI is InChI=1S/C18H17N3O3/c1-3-24-16-7-5-4-6-13(16)17(22)21-12-8-9-15-14(10-12)18(23)20-11(2)19-15/h4-10H,3H2,1-2H3,(H,21,22)(H,19,20,23). The second kappa shape index (κ2) is 6.54. The van der Waals surface area contributed by atoms with E-state index >= 15 is 0 Å². The van der Waals surface area contributed by atoms with Gasteiger partial charge in [-0.1, -0.05) is 12.1 Å². The Kier molecular flexibility index (Phi) is 4.29. The fraction of sp³-hybridized carbons (Fsp3) is 0.167. The van der Waals surface area contributed by atoms with Crippen LogP contribution in [-0.2, 0) is 0 Å². The third kappa shape index (κ3) is 3.12. The Morgan fingerprint density at radius 1 is 1.25 bits per heavy atom. The van der Waals surface area contributed by atoms with Crippen LogP contribution in [0.15, 0.2) is 47.3 Å². The highest BCUT2D eigenvalue weighted by Gasteiger charge is 2.13. The fourth-order valence-corrected chi connectivity index (χ4v) is 2.47. The molecule has 6 nitrogen and oxygen atoms in total. The number of rotatable bonds is 4. The molecule has 2 aromatic carbocycles. The number of para-hydroxylation sites is 1. The number of nitrogens with one attached hydrogen (secondary N) is 2. The molecule has 0 fully saturated rings. The Hall–Kier alpha value is -3.15. The van der Waals surface area contributed by atoms with Crippen molar-refractivity contribution in [3.63, 3.8) is 0 Å². The van der Waals surface area contributed by atoms with Gasteiger partial charge in [-0.05, 0) is 44.2 Å². The number of aromatic amines is 1. The summed E-state index contributed by atoms with van der Waals surface area (Å²) in [6.07, 6.45) is 0. The molecule has 0 saturated heterocycles. The van der Waals surface area contributed by atoms with Gasteiger partial charge < -0.3 is 15.0 Å². The number of ether oxygens (including phenoxy) is 1. The second-order valence-corrected chi connectivity index (χ2v) is 5.27. The maximum atomic E-state index is 12.5. The van der Waals surface area contributed by atoms with E-state index in [1.165, 1.54) is 0 Å². The van der Waals surface area contributed by atoms with Crippen molar-refractivity contribution < 1.29 is 9.53 Å². The molecule has 0 aliphatic carbocycles. The first-order valence-electron chi connectivity index (χ1n) is 7.62. The van der Waals surface area contributed by atoms with Crippen molar-refractivity contribution in [3.05, 3.63) is 64.2 Å². The van der Waals surface area contributed by atoms with Crippen LogP contribution in [0.2, 0.25) is 0 Å². The number of hydrogen-bond donors (Lipinski definition) is 2. The van der Waals surface area contributed by atoms with Crippen molar-refractivity contribution in [2.45, 2.75) is 13.8 Å². The fourth-order valence-electron chi connectivity index (χ4n) is 2.47. The highest BCUT2D eigenvalue weighted by molar-refractivity contribution is 6.06. The van der Waals surface area contributed by atoms with Crippen LogP contribution in [0.3, 0.4) is 0 Å². The SMILES string of the molecule is CCOc1ccccc1C(=O)Nc1ccc2nc(C)[nH]c(=O)c2c1. The van der Waals surface area contributed by atoms with E-state index in [-0.39, 0.29) is 11.5 Å². The molecule has 3 rings (SSSR count). The average molecular weight is 323 g/mol. The minimum Gasteiger partial charge on any atom is -0.493 e. The molecule has 1 amide bonds. The number of H-pyrrole nitrogens is 1.